The van der Waals surface area contributed by atoms with Crippen molar-refractivity contribution in [3.05, 3.63) is 0 Å². The van der Waals surface area contributed by atoms with Crippen LogP contribution in [0.3, 0.4) is 0 Å². The molecule has 21 heavy (non-hydrogen) atoms. The predicted octanol–water partition coefficient (Wildman–Crippen LogP) is 3.94. The van der Waals surface area contributed by atoms with Crippen LogP contribution in [0.5, 0.6) is 0 Å². The molecule has 0 unspecified atom stereocenters. The molecule has 2 aliphatic carbocycles. The molecule has 0 saturated heterocycles. The monoisotopic (exact) mass is 296 g/mol. The fourth-order valence-electron chi connectivity index (χ4n) is 3.76. The van der Waals surface area contributed by atoms with Crippen LogP contribution in [0, 0.1) is 5.41 Å². The average molecular weight is 296 g/mol. The Labute approximate surface area is 129 Å². The minimum absolute atomic E-state index is 0.397. The first kappa shape index (κ1) is 16.6. The Bertz CT molecular complexity index is 279. The number of hydrogen-bond donors (Lipinski definition) is 1. The van der Waals surface area contributed by atoms with Gasteiger partial charge in [-0.2, -0.15) is 0 Å². The minimum atomic E-state index is 0.397. The summed E-state index contributed by atoms with van der Waals surface area (Å²) in [4.78, 5) is 2.32. The maximum absolute atomic E-state index is 8.40. The molecule has 0 radical (unpaired) electrons. The normalized spacial score (nSPS) is 21.2. The lowest BCUT2D eigenvalue weighted by Gasteiger charge is -2.42. The fourth-order valence-corrected chi connectivity index (χ4v) is 3.76. The van der Waals surface area contributed by atoms with Gasteiger partial charge in [-0.1, -0.05) is 38.5 Å². The van der Waals surface area contributed by atoms with Crippen molar-refractivity contribution in [3.63, 3.8) is 0 Å². The van der Waals surface area contributed by atoms with Crippen molar-refractivity contribution in [2.24, 2.45) is 0 Å². The van der Waals surface area contributed by atoms with E-state index >= 15 is 0 Å². The van der Waals surface area contributed by atoms with Crippen LogP contribution in [0.2, 0.25) is 0 Å². The molecule has 2 saturated carbocycles. The van der Waals surface area contributed by atoms with Gasteiger partial charge in [0.05, 0.1) is 6.61 Å². The quantitative estimate of drug-likeness (QED) is 0.459. The molecule has 4 nitrogen and oxygen atoms in total. The second kappa shape index (κ2) is 9.29. The molecule has 2 aliphatic rings. The largest absolute Gasteiger partial charge is 0.463 e. The molecule has 2 fully saturated rings. The third-order valence-electron chi connectivity index (χ3n) is 4.84. The zero-order valence-corrected chi connectivity index (χ0v) is 13.6. The van der Waals surface area contributed by atoms with Gasteiger partial charge < -0.3 is 14.4 Å². The maximum atomic E-state index is 8.40. The molecule has 0 aromatic heterocycles. The molecule has 0 amide bonds. The van der Waals surface area contributed by atoms with Crippen molar-refractivity contribution < 1.29 is 9.47 Å². The summed E-state index contributed by atoms with van der Waals surface area (Å²) in [7, 11) is 0. The highest BCUT2D eigenvalue weighted by molar-refractivity contribution is 5.71. The van der Waals surface area contributed by atoms with Gasteiger partial charge in [0, 0.05) is 18.7 Å². The van der Waals surface area contributed by atoms with E-state index in [1.807, 2.05) is 6.92 Å². The number of nitrogens with one attached hydrogen (secondary N) is 1. The summed E-state index contributed by atoms with van der Waals surface area (Å²) in [6.07, 6.45) is 12.9. The van der Waals surface area contributed by atoms with Crippen molar-refractivity contribution in [3.8, 4) is 0 Å². The SMILES string of the molecule is CCOCCOC(=N)N(C1CCCCC1)C1CCCCC1. The summed E-state index contributed by atoms with van der Waals surface area (Å²) in [5.41, 5.74) is 0. The number of ether oxygens (including phenoxy) is 2. The fraction of sp³-hybridized carbons (Fsp3) is 0.941. The Balaban J connectivity index is 1.91. The van der Waals surface area contributed by atoms with Crippen molar-refractivity contribution in [2.75, 3.05) is 19.8 Å². The van der Waals surface area contributed by atoms with Gasteiger partial charge in [-0.05, 0) is 32.6 Å². The van der Waals surface area contributed by atoms with Gasteiger partial charge in [0.25, 0.3) is 6.02 Å². The summed E-state index contributed by atoms with van der Waals surface area (Å²) < 4.78 is 11.0. The molecule has 0 bridgehead atoms. The molecule has 0 heterocycles. The zero-order chi connectivity index (χ0) is 14.9. The molecule has 0 atom stereocenters. The highest BCUT2D eigenvalue weighted by atomic mass is 16.5. The van der Waals surface area contributed by atoms with E-state index in [1.54, 1.807) is 0 Å². The Morgan fingerprint density at radius 1 is 0.905 bits per heavy atom. The topological polar surface area (TPSA) is 45.6 Å². The van der Waals surface area contributed by atoms with Gasteiger partial charge in [0.15, 0.2) is 0 Å². The summed E-state index contributed by atoms with van der Waals surface area (Å²) in [5.74, 6) is 0. The maximum Gasteiger partial charge on any atom is 0.284 e. The minimum Gasteiger partial charge on any atom is -0.463 e. The van der Waals surface area contributed by atoms with E-state index in [0.717, 1.165) is 0 Å². The molecule has 0 aliphatic heterocycles. The van der Waals surface area contributed by atoms with E-state index in [1.165, 1.54) is 64.2 Å². The molecule has 0 spiro atoms. The van der Waals surface area contributed by atoms with E-state index in [9.17, 15) is 0 Å². The van der Waals surface area contributed by atoms with Gasteiger partial charge in [-0.3, -0.25) is 5.41 Å². The summed E-state index contributed by atoms with van der Waals surface area (Å²) in [5, 5.41) is 8.40. The summed E-state index contributed by atoms with van der Waals surface area (Å²) in [6, 6.07) is 1.45. The van der Waals surface area contributed by atoms with Crippen LogP contribution < -0.4 is 0 Å². The number of nitrogens with zero attached hydrogens (tertiary/aromatic N) is 1. The highest BCUT2D eigenvalue weighted by Gasteiger charge is 2.31. The van der Waals surface area contributed by atoms with Crippen LogP contribution in [0.4, 0.5) is 0 Å². The highest BCUT2D eigenvalue weighted by Crippen LogP contribution is 2.30. The van der Waals surface area contributed by atoms with Crippen molar-refractivity contribution in [1.82, 2.24) is 4.90 Å². The molecule has 0 aromatic carbocycles. The first-order chi connectivity index (χ1) is 10.3. The lowest BCUT2D eigenvalue weighted by atomic mass is 9.89. The Kier molecular flexibility index (Phi) is 7.34. The van der Waals surface area contributed by atoms with Gasteiger partial charge in [-0.15, -0.1) is 0 Å². The van der Waals surface area contributed by atoms with Crippen LogP contribution in [0.1, 0.15) is 71.1 Å². The number of rotatable bonds is 6. The number of amidine groups is 1. The lowest BCUT2D eigenvalue weighted by molar-refractivity contribution is 0.0730. The van der Waals surface area contributed by atoms with Crippen molar-refractivity contribution >= 4 is 6.02 Å². The molecular formula is C17H32N2O2. The average Bonchev–Trinajstić information content (AvgIpc) is 2.54. The van der Waals surface area contributed by atoms with Crippen LogP contribution in [-0.2, 0) is 9.47 Å². The molecule has 122 valence electrons. The third kappa shape index (κ3) is 5.17. The van der Waals surface area contributed by atoms with E-state index in [0.29, 0.717) is 37.9 Å². The van der Waals surface area contributed by atoms with Crippen molar-refractivity contribution in [2.45, 2.75) is 83.2 Å². The van der Waals surface area contributed by atoms with Crippen LogP contribution >= 0.6 is 0 Å². The van der Waals surface area contributed by atoms with Crippen LogP contribution in [0.25, 0.3) is 0 Å². The second-order valence-corrected chi connectivity index (χ2v) is 6.34. The molecule has 4 heteroatoms. The second-order valence-electron chi connectivity index (χ2n) is 6.34. The Hall–Kier alpha value is -0.770. The Morgan fingerprint density at radius 3 is 1.90 bits per heavy atom. The summed E-state index contributed by atoms with van der Waals surface area (Å²) >= 11 is 0. The first-order valence-electron chi connectivity index (χ1n) is 8.90. The van der Waals surface area contributed by atoms with E-state index in [-0.39, 0.29) is 0 Å². The third-order valence-corrected chi connectivity index (χ3v) is 4.84. The van der Waals surface area contributed by atoms with Crippen LogP contribution in [-0.4, -0.2) is 42.8 Å². The summed E-state index contributed by atoms with van der Waals surface area (Å²) in [6.45, 7) is 3.79. The van der Waals surface area contributed by atoms with Gasteiger partial charge >= 0.3 is 0 Å². The predicted molar refractivity (Wildman–Crippen MR) is 85.8 cm³/mol. The van der Waals surface area contributed by atoms with E-state index in [4.69, 9.17) is 14.9 Å². The molecule has 1 N–H and O–H groups in total. The van der Waals surface area contributed by atoms with Crippen molar-refractivity contribution in [1.29, 1.82) is 5.41 Å². The molecular weight excluding hydrogens is 264 g/mol. The van der Waals surface area contributed by atoms with Gasteiger partial charge in [0.2, 0.25) is 0 Å². The number of hydrogen-bond acceptors (Lipinski definition) is 3. The van der Waals surface area contributed by atoms with Gasteiger partial charge in [-0.25, -0.2) is 0 Å². The van der Waals surface area contributed by atoms with E-state index in [2.05, 4.69) is 4.90 Å². The van der Waals surface area contributed by atoms with Gasteiger partial charge in [0.1, 0.15) is 6.61 Å². The van der Waals surface area contributed by atoms with E-state index < -0.39 is 0 Å². The smallest absolute Gasteiger partial charge is 0.284 e. The molecule has 2 rings (SSSR count). The molecule has 0 aromatic rings. The zero-order valence-electron chi connectivity index (χ0n) is 13.6. The first-order valence-corrected chi connectivity index (χ1v) is 8.90. The Morgan fingerprint density at radius 2 is 1.43 bits per heavy atom. The lowest BCUT2D eigenvalue weighted by Crippen LogP contribution is -2.49. The van der Waals surface area contributed by atoms with Crippen LogP contribution in [0.15, 0.2) is 0 Å². The standard InChI is InChI=1S/C17H32N2O2/c1-2-20-13-14-21-17(18)19(15-9-5-3-6-10-15)16-11-7-4-8-12-16/h15-16,18H,2-14H2,1H3.